The minimum absolute atomic E-state index is 0.135. The van der Waals surface area contributed by atoms with Gasteiger partial charge in [0.1, 0.15) is 5.75 Å². The fraction of sp³-hybridized carbons (Fsp3) is 0.650. The van der Waals surface area contributed by atoms with Gasteiger partial charge in [0.25, 0.3) is 5.91 Å². The molecule has 0 aromatic heterocycles. The Morgan fingerprint density at radius 3 is 2.46 bits per heavy atom. The molecule has 0 bridgehead atoms. The number of amides is 1. The number of aryl methyl sites for hydroxylation is 1. The van der Waals surface area contributed by atoms with Crippen LogP contribution in [0.2, 0.25) is 0 Å². The number of likely N-dealkylation sites (tertiary alicyclic amines) is 2. The Hall–Kier alpha value is -1.55. The van der Waals surface area contributed by atoms with E-state index in [2.05, 4.69) is 18.7 Å². The number of hydrogen-bond acceptors (Lipinski definition) is 3. The fourth-order valence-electron chi connectivity index (χ4n) is 3.84. The summed E-state index contributed by atoms with van der Waals surface area (Å²) in [4.78, 5) is 17.4. The van der Waals surface area contributed by atoms with E-state index in [1.54, 1.807) is 7.11 Å². The quantitative estimate of drug-likeness (QED) is 0.850. The molecule has 1 aromatic carbocycles. The van der Waals surface area contributed by atoms with Crippen LogP contribution in [0.4, 0.5) is 0 Å². The van der Waals surface area contributed by atoms with Gasteiger partial charge < -0.3 is 9.64 Å². The van der Waals surface area contributed by atoms with Crippen LogP contribution in [0.5, 0.6) is 5.75 Å². The van der Waals surface area contributed by atoms with Gasteiger partial charge in [-0.15, -0.1) is 0 Å². The molecular formula is C20H30N2O2. The van der Waals surface area contributed by atoms with E-state index in [0.29, 0.717) is 6.04 Å². The van der Waals surface area contributed by atoms with Gasteiger partial charge in [0.2, 0.25) is 0 Å². The highest BCUT2D eigenvalue weighted by molar-refractivity contribution is 5.94. The number of methoxy groups -OCH3 is 1. The second-order valence-corrected chi connectivity index (χ2v) is 7.67. The Morgan fingerprint density at radius 2 is 1.88 bits per heavy atom. The SMILES string of the molecule is COc1cc(C(=O)N2CCC(N3CC(C(C)C)C3)CC2)ccc1C. The molecule has 0 aliphatic carbocycles. The lowest BCUT2D eigenvalue weighted by molar-refractivity contribution is 0.00246. The molecule has 0 unspecified atom stereocenters. The number of ether oxygens (including phenoxy) is 1. The van der Waals surface area contributed by atoms with E-state index in [1.807, 2.05) is 30.0 Å². The Labute approximate surface area is 145 Å². The molecule has 24 heavy (non-hydrogen) atoms. The summed E-state index contributed by atoms with van der Waals surface area (Å²) in [5.74, 6) is 2.58. The van der Waals surface area contributed by atoms with Gasteiger partial charge in [-0.2, -0.15) is 0 Å². The minimum Gasteiger partial charge on any atom is -0.496 e. The van der Waals surface area contributed by atoms with Gasteiger partial charge in [0.05, 0.1) is 7.11 Å². The number of piperidine rings is 1. The van der Waals surface area contributed by atoms with Gasteiger partial charge in [-0.05, 0) is 49.3 Å². The molecule has 0 atom stereocenters. The number of rotatable bonds is 4. The minimum atomic E-state index is 0.135. The summed E-state index contributed by atoms with van der Waals surface area (Å²) in [6, 6.07) is 6.41. The smallest absolute Gasteiger partial charge is 0.253 e. The molecular weight excluding hydrogens is 300 g/mol. The zero-order valence-corrected chi connectivity index (χ0v) is 15.4. The first-order valence-corrected chi connectivity index (χ1v) is 9.17. The van der Waals surface area contributed by atoms with Crippen LogP contribution in [0.3, 0.4) is 0 Å². The molecule has 2 aliphatic heterocycles. The molecule has 1 aromatic rings. The van der Waals surface area contributed by atoms with Crippen LogP contribution in [0.15, 0.2) is 18.2 Å². The maximum atomic E-state index is 12.7. The molecule has 0 saturated carbocycles. The number of nitrogens with zero attached hydrogens (tertiary/aromatic N) is 2. The third-order valence-electron chi connectivity index (χ3n) is 5.80. The molecule has 2 fully saturated rings. The molecule has 1 amide bonds. The topological polar surface area (TPSA) is 32.8 Å². The molecule has 2 heterocycles. The monoisotopic (exact) mass is 330 g/mol. The molecule has 4 nitrogen and oxygen atoms in total. The molecule has 4 heteroatoms. The molecule has 0 spiro atoms. The lowest BCUT2D eigenvalue weighted by Gasteiger charge is -2.48. The summed E-state index contributed by atoms with van der Waals surface area (Å²) in [7, 11) is 1.65. The Kier molecular flexibility index (Phi) is 5.14. The van der Waals surface area contributed by atoms with E-state index in [-0.39, 0.29) is 5.91 Å². The lowest BCUT2D eigenvalue weighted by Crippen LogP contribution is -2.56. The van der Waals surface area contributed by atoms with Crippen LogP contribution in [0.1, 0.15) is 42.6 Å². The zero-order chi connectivity index (χ0) is 17.3. The van der Waals surface area contributed by atoms with Gasteiger partial charge in [-0.1, -0.05) is 19.9 Å². The second kappa shape index (κ2) is 7.14. The Balaban J connectivity index is 1.54. The first kappa shape index (κ1) is 17.3. The van der Waals surface area contributed by atoms with Crippen molar-refractivity contribution in [3.63, 3.8) is 0 Å². The van der Waals surface area contributed by atoms with Gasteiger partial charge in [0, 0.05) is 37.8 Å². The van der Waals surface area contributed by atoms with Crippen molar-refractivity contribution in [3.05, 3.63) is 29.3 Å². The van der Waals surface area contributed by atoms with Crippen molar-refractivity contribution in [2.75, 3.05) is 33.3 Å². The standard InChI is InChI=1S/C20H30N2O2/c1-14(2)17-12-22(13-17)18-7-9-21(10-8-18)20(23)16-6-5-15(3)19(11-16)24-4/h5-6,11,14,17-18H,7-10,12-13H2,1-4H3. The van der Waals surface area contributed by atoms with E-state index in [4.69, 9.17) is 4.74 Å². The average Bonchev–Trinajstić information content (AvgIpc) is 2.53. The van der Waals surface area contributed by atoms with Crippen molar-refractivity contribution in [2.45, 2.75) is 39.7 Å². The maximum absolute atomic E-state index is 12.7. The number of carbonyl (C=O) groups excluding carboxylic acids is 1. The normalized spacial score (nSPS) is 20.3. The molecule has 0 N–H and O–H groups in total. The van der Waals surface area contributed by atoms with E-state index in [1.165, 1.54) is 13.1 Å². The summed E-state index contributed by atoms with van der Waals surface area (Å²) >= 11 is 0. The average molecular weight is 330 g/mol. The van der Waals surface area contributed by atoms with Crippen LogP contribution >= 0.6 is 0 Å². The van der Waals surface area contributed by atoms with Crippen LogP contribution in [-0.4, -0.2) is 55.0 Å². The molecule has 132 valence electrons. The van der Waals surface area contributed by atoms with Crippen LogP contribution < -0.4 is 4.74 Å². The van der Waals surface area contributed by atoms with Crippen molar-refractivity contribution >= 4 is 5.91 Å². The third kappa shape index (κ3) is 3.44. The van der Waals surface area contributed by atoms with Crippen molar-refractivity contribution in [1.82, 2.24) is 9.80 Å². The van der Waals surface area contributed by atoms with Crippen LogP contribution in [0, 0.1) is 18.8 Å². The highest BCUT2D eigenvalue weighted by Gasteiger charge is 2.36. The predicted octanol–water partition coefficient (Wildman–Crippen LogP) is 3.20. The van der Waals surface area contributed by atoms with Crippen molar-refractivity contribution in [1.29, 1.82) is 0 Å². The van der Waals surface area contributed by atoms with E-state index in [9.17, 15) is 4.79 Å². The summed E-state index contributed by atoms with van der Waals surface area (Å²) in [5.41, 5.74) is 1.80. The van der Waals surface area contributed by atoms with Crippen LogP contribution in [-0.2, 0) is 0 Å². The van der Waals surface area contributed by atoms with Crippen molar-refractivity contribution in [2.24, 2.45) is 11.8 Å². The number of carbonyl (C=O) groups is 1. The predicted molar refractivity (Wildman–Crippen MR) is 96.6 cm³/mol. The van der Waals surface area contributed by atoms with E-state index in [0.717, 1.165) is 54.6 Å². The number of hydrogen-bond donors (Lipinski definition) is 0. The summed E-state index contributed by atoms with van der Waals surface area (Å²) < 4.78 is 5.35. The second-order valence-electron chi connectivity index (χ2n) is 7.67. The summed E-state index contributed by atoms with van der Waals surface area (Å²) in [6.07, 6.45) is 2.19. The highest BCUT2D eigenvalue weighted by atomic mass is 16.5. The molecule has 0 radical (unpaired) electrons. The Morgan fingerprint density at radius 1 is 1.21 bits per heavy atom. The Bertz CT molecular complexity index is 585. The van der Waals surface area contributed by atoms with Crippen LogP contribution in [0.25, 0.3) is 0 Å². The van der Waals surface area contributed by atoms with E-state index >= 15 is 0 Å². The van der Waals surface area contributed by atoms with Crippen molar-refractivity contribution < 1.29 is 9.53 Å². The first-order valence-electron chi connectivity index (χ1n) is 9.17. The largest absolute Gasteiger partial charge is 0.496 e. The number of benzene rings is 1. The molecule has 3 rings (SSSR count). The molecule has 2 saturated heterocycles. The van der Waals surface area contributed by atoms with Crippen molar-refractivity contribution in [3.8, 4) is 5.75 Å². The third-order valence-corrected chi connectivity index (χ3v) is 5.80. The fourth-order valence-corrected chi connectivity index (χ4v) is 3.84. The zero-order valence-electron chi connectivity index (χ0n) is 15.4. The summed E-state index contributed by atoms with van der Waals surface area (Å²) in [6.45, 7) is 10.8. The van der Waals surface area contributed by atoms with Gasteiger partial charge in [-0.3, -0.25) is 9.69 Å². The highest BCUT2D eigenvalue weighted by Crippen LogP contribution is 2.29. The maximum Gasteiger partial charge on any atom is 0.253 e. The van der Waals surface area contributed by atoms with Gasteiger partial charge in [0.15, 0.2) is 0 Å². The van der Waals surface area contributed by atoms with E-state index < -0.39 is 0 Å². The van der Waals surface area contributed by atoms with Gasteiger partial charge >= 0.3 is 0 Å². The van der Waals surface area contributed by atoms with Gasteiger partial charge in [-0.25, -0.2) is 0 Å². The summed E-state index contributed by atoms with van der Waals surface area (Å²) in [5, 5.41) is 0. The first-order chi connectivity index (χ1) is 11.5. The molecule has 2 aliphatic rings. The lowest BCUT2D eigenvalue weighted by atomic mass is 9.85.